The number of aromatic nitrogens is 1. The zero-order valence-electron chi connectivity index (χ0n) is 9.18. The van der Waals surface area contributed by atoms with Crippen molar-refractivity contribution in [2.24, 2.45) is 0 Å². The fourth-order valence-corrected chi connectivity index (χ4v) is 2.27. The molecular weight excluding hydrogens is 216 g/mol. The van der Waals surface area contributed by atoms with Gasteiger partial charge in [0, 0.05) is 11.9 Å². The first-order valence-electron chi connectivity index (χ1n) is 5.14. The van der Waals surface area contributed by atoms with E-state index >= 15 is 0 Å². The van der Waals surface area contributed by atoms with Crippen molar-refractivity contribution in [3.05, 3.63) is 53.7 Å². The number of rotatable bonds is 3. The van der Waals surface area contributed by atoms with Crippen molar-refractivity contribution in [1.82, 2.24) is 4.98 Å². The van der Waals surface area contributed by atoms with Crippen LogP contribution in [-0.2, 0) is 5.75 Å². The van der Waals surface area contributed by atoms with Gasteiger partial charge in [-0.1, -0.05) is 42.1 Å². The minimum absolute atomic E-state index is 0.765. The third-order valence-corrected chi connectivity index (χ3v) is 3.33. The second-order valence-corrected chi connectivity index (χ2v) is 4.65. The topological polar surface area (TPSA) is 38.9 Å². The second kappa shape index (κ2) is 5.03. The number of pyridine rings is 1. The third-order valence-electron chi connectivity index (χ3n) is 2.23. The van der Waals surface area contributed by atoms with Crippen LogP contribution in [0.3, 0.4) is 0 Å². The monoisotopic (exact) mass is 230 g/mol. The van der Waals surface area contributed by atoms with Gasteiger partial charge in [-0.25, -0.2) is 4.98 Å². The Labute approximate surface area is 99.9 Å². The van der Waals surface area contributed by atoms with E-state index in [1.54, 1.807) is 11.8 Å². The third kappa shape index (κ3) is 2.76. The minimum atomic E-state index is 0.765. The van der Waals surface area contributed by atoms with Gasteiger partial charge in [-0.3, -0.25) is 0 Å². The van der Waals surface area contributed by atoms with Gasteiger partial charge in [-0.15, -0.1) is 0 Å². The van der Waals surface area contributed by atoms with E-state index < -0.39 is 0 Å². The Bertz CT molecular complexity index is 469. The van der Waals surface area contributed by atoms with E-state index in [2.05, 4.69) is 17.1 Å². The Morgan fingerprint density at radius 3 is 2.69 bits per heavy atom. The molecule has 3 heteroatoms. The van der Waals surface area contributed by atoms with Crippen LogP contribution in [0.2, 0.25) is 0 Å². The summed E-state index contributed by atoms with van der Waals surface area (Å²) < 4.78 is 0. The van der Waals surface area contributed by atoms with Gasteiger partial charge in [0.05, 0.1) is 5.69 Å². The molecule has 0 spiro atoms. The molecule has 1 heterocycles. The van der Waals surface area contributed by atoms with Crippen molar-refractivity contribution in [3.63, 3.8) is 0 Å². The molecule has 0 amide bonds. The number of nitrogens with two attached hydrogens (primary N) is 1. The predicted octanol–water partition coefficient (Wildman–Crippen LogP) is 3.26. The highest BCUT2D eigenvalue weighted by atomic mass is 32.2. The molecule has 0 aliphatic rings. The number of anilines is 1. The summed E-state index contributed by atoms with van der Waals surface area (Å²) in [6, 6.07) is 12.3. The van der Waals surface area contributed by atoms with E-state index in [1.165, 1.54) is 5.56 Å². The number of aryl methyl sites for hydroxylation is 1. The molecule has 2 aromatic rings. The van der Waals surface area contributed by atoms with Gasteiger partial charge in [-0.2, -0.15) is 0 Å². The molecule has 0 saturated heterocycles. The van der Waals surface area contributed by atoms with Crippen LogP contribution in [0, 0.1) is 6.92 Å². The molecule has 0 atom stereocenters. The molecule has 2 N–H and O–H groups in total. The Kier molecular flexibility index (Phi) is 3.47. The van der Waals surface area contributed by atoms with Gasteiger partial charge in [-0.05, 0) is 24.1 Å². The summed E-state index contributed by atoms with van der Waals surface area (Å²) in [5.74, 6) is 0.904. The van der Waals surface area contributed by atoms with Crippen molar-refractivity contribution in [2.45, 2.75) is 17.7 Å². The van der Waals surface area contributed by atoms with Crippen molar-refractivity contribution < 1.29 is 0 Å². The van der Waals surface area contributed by atoms with Crippen molar-refractivity contribution in [3.8, 4) is 0 Å². The molecule has 0 aliphatic heterocycles. The maximum atomic E-state index is 5.90. The number of hydrogen-bond donors (Lipinski definition) is 1. The lowest BCUT2D eigenvalue weighted by Crippen LogP contribution is -1.93. The average molecular weight is 230 g/mol. The number of benzene rings is 1. The summed E-state index contributed by atoms with van der Waals surface area (Å²) in [7, 11) is 0. The molecule has 0 bridgehead atoms. The summed E-state index contributed by atoms with van der Waals surface area (Å²) in [4.78, 5) is 4.33. The van der Waals surface area contributed by atoms with Crippen molar-refractivity contribution >= 4 is 17.4 Å². The number of thioether (sulfide) groups is 1. The Hall–Kier alpha value is -1.48. The molecular formula is C13H14N2S. The van der Waals surface area contributed by atoms with Crippen molar-refractivity contribution in [1.29, 1.82) is 0 Å². The summed E-state index contributed by atoms with van der Waals surface area (Å²) in [6.07, 6.45) is 1.85. The summed E-state index contributed by atoms with van der Waals surface area (Å²) in [5, 5.41) is 0.912. The van der Waals surface area contributed by atoms with Gasteiger partial charge >= 0.3 is 0 Å². The molecule has 16 heavy (non-hydrogen) atoms. The van der Waals surface area contributed by atoms with Crippen LogP contribution in [-0.4, -0.2) is 4.98 Å². The smallest absolute Gasteiger partial charge is 0.119 e. The van der Waals surface area contributed by atoms with Gasteiger partial charge in [0.1, 0.15) is 5.03 Å². The van der Waals surface area contributed by atoms with Crippen LogP contribution in [0.25, 0.3) is 0 Å². The van der Waals surface area contributed by atoms with E-state index in [0.717, 1.165) is 22.0 Å². The minimum Gasteiger partial charge on any atom is -0.397 e. The molecule has 82 valence electrons. The maximum absolute atomic E-state index is 5.90. The van der Waals surface area contributed by atoms with E-state index in [4.69, 9.17) is 5.73 Å². The maximum Gasteiger partial charge on any atom is 0.119 e. The number of hydrogen-bond acceptors (Lipinski definition) is 3. The fraction of sp³-hybridized carbons (Fsp3) is 0.154. The van der Waals surface area contributed by atoms with Crippen LogP contribution >= 0.6 is 11.8 Å². The standard InChI is InChI=1S/C13H14N2S/c1-10-7-12(14)13(15-8-10)16-9-11-5-3-2-4-6-11/h2-8H,9,14H2,1H3. The van der Waals surface area contributed by atoms with E-state index in [-0.39, 0.29) is 0 Å². The quantitative estimate of drug-likeness (QED) is 0.822. The molecule has 0 radical (unpaired) electrons. The van der Waals surface area contributed by atoms with E-state index in [1.807, 2.05) is 37.4 Å². The molecule has 0 fully saturated rings. The molecule has 2 nitrogen and oxygen atoms in total. The SMILES string of the molecule is Cc1cnc(SCc2ccccc2)c(N)c1. The lowest BCUT2D eigenvalue weighted by molar-refractivity contribution is 1.11. The fourth-order valence-electron chi connectivity index (χ4n) is 1.43. The van der Waals surface area contributed by atoms with Gasteiger partial charge in [0.15, 0.2) is 0 Å². The highest BCUT2D eigenvalue weighted by Crippen LogP contribution is 2.26. The highest BCUT2D eigenvalue weighted by molar-refractivity contribution is 7.98. The highest BCUT2D eigenvalue weighted by Gasteiger charge is 2.02. The first-order chi connectivity index (χ1) is 7.75. The average Bonchev–Trinajstić information content (AvgIpc) is 2.29. The summed E-state index contributed by atoms with van der Waals surface area (Å²) in [5.41, 5.74) is 9.05. The Balaban J connectivity index is 2.05. The van der Waals surface area contributed by atoms with Crippen LogP contribution < -0.4 is 5.73 Å². The van der Waals surface area contributed by atoms with Crippen LogP contribution in [0.1, 0.15) is 11.1 Å². The van der Waals surface area contributed by atoms with Crippen LogP contribution in [0.15, 0.2) is 47.6 Å². The van der Waals surface area contributed by atoms with Gasteiger partial charge in [0.25, 0.3) is 0 Å². The number of nitrogen functional groups attached to an aromatic ring is 1. The lowest BCUT2D eigenvalue weighted by atomic mass is 10.2. The van der Waals surface area contributed by atoms with E-state index in [0.29, 0.717) is 0 Å². The predicted molar refractivity (Wildman–Crippen MR) is 69.4 cm³/mol. The van der Waals surface area contributed by atoms with E-state index in [9.17, 15) is 0 Å². The Morgan fingerprint density at radius 1 is 1.25 bits per heavy atom. The molecule has 2 rings (SSSR count). The van der Waals surface area contributed by atoms with Gasteiger partial charge in [0.2, 0.25) is 0 Å². The van der Waals surface area contributed by atoms with Crippen molar-refractivity contribution in [2.75, 3.05) is 5.73 Å². The molecule has 0 saturated carbocycles. The summed E-state index contributed by atoms with van der Waals surface area (Å²) >= 11 is 1.67. The Morgan fingerprint density at radius 2 is 2.00 bits per heavy atom. The molecule has 0 aliphatic carbocycles. The lowest BCUT2D eigenvalue weighted by Gasteiger charge is -2.05. The zero-order valence-corrected chi connectivity index (χ0v) is 10.00. The number of nitrogens with zero attached hydrogens (tertiary/aromatic N) is 1. The van der Waals surface area contributed by atoms with Crippen LogP contribution in [0.4, 0.5) is 5.69 Å². The van der Waals surface area contributed by atoms with Crippen LogP contribution in [0.5, 0.6) is 0 Å². The normalized spacial score (nSPS) is 10.3. The largest absolute Gasteiger partial charge is 0.397 e. The first kappa shape index (κ1) is 11.0. The molecule has 0 unspecified atom stereocenters. The molecule has 1 aromatic carbocycles. The summed E-state index contributed by atoms with van der Waals surface area (Å²) in [6.45, 7) is 2.00. The van der Waals surface area contributed by atoms with Gasteiger partial charge < -0.3 is 5.73 Å². The second-order valence-electron chi connectivity index (χ2n) is 3.68. The zero-order chi connectivity index (χ0) is 11.4. The first-order valence-corrected chi connectivity index (χ1v) is 6.13. The molecule has 1 aromatic heterocycles.